The highest BCUT2D eigenvalue weighted by atomic mass is 16.5. The van der Waals surface area contributed by atoms with Crippen LogP contribution < -0.4 is 4.74 Å². The molecule has 15 heavy (non-hydrogen) atoms. The van der Waals surface area contributed by atoms with Crippen LogP contribution in [0, 0.1) is 0 Å². The molecule has 0 atom stereocenters. The number of benzene rings is 1. The van der Waals surface area contributed by atoms with Crippen molar-refractivity contribution in [2.45, 2.75) is 19.8 Å². The summed E-state index contributed by atoms with van der Waals surface area (Å²) in [6.45, 7) is 2.76. The molecule has 1 aromatic carbocycles. The zero-order valence-electron chi connectivity index (χ0n) is 8.68. The highest BCUT2D eigenvalue weighted by Crippen LogP contribution is 2.10. The molecule has 0 amide bonds. The van der Waals surface area contributed by atoms with Crippen molar-refractivity contribution in [2.24, 2.45) is 0 Å². The molecule has 0 aliphatic rings. The van der Waals surface area contributed by atoms with Crippen LogP contribution in [0.15, 0.2) is 24.3 Å². The van der Waals surface area contributed by atoms with Crippen LogP contribution in [0.3, 0.4) is 0 Å². The minimum Gasteiger partial charge on any atom is -0.462 e. The van der Waals surface area contributed by atoms with E-state index in [4.69, 9.17) is 4.74 Å². The zero-order chi connectivity index (χ0) is 10.5. The average molecular weight is 203 g/mol. The molecule has 0 radical (unpaired) electrons. The molecule has 2 rings (SSSR count). The topological polar surface area (TPSA) is 47.9 Å². The first-order chi connectivity index (χ1) is 7.40. The number of hydrogen-bond acceptors (Lipinski definition) is 4. The first-order valence-corrected chi connectivity index (χ1v) is 5.12. The molecule has 0 bridgehead atoms. The summed E-state index contributed by atoms with van der Waals surface area (Å²) < 4.78 is 5.37. The molecule has 1 aromatic heterocycles. The molecule has 0 aliphatic carbocycles. The minimum atomic E-state index is 0.363. The lowest BCUT2D eigenvalue weighted by Gasteiger charge is -2.02. The van der Waals surface area contributed by atoms with E-state index in [-0.39, 0.29) is 0 Å². The summed E-state index contributed by atoms with van der Waals surface area (Å²) in [5.41, 5.74) is 1.61. The van der Waals surface area contributed by atoms with Gasteiger partial charge < -0.3 is 4.74 Å². The van der Waals surface area contributed by atoms with E-state index in [1.807, 2.05) is 24.3 Å². The van der Waals surface area contributed by atoms with Crippen LogP contribution in [0.25, 0.3) is 11.0 Å². The van der Waals surface area contributed by atoms with Gasteiger partial charge in [-0.2, -0.15) is 4.98 Å². The normalized spacial score (nSPS) is 10.5. The Labute approximate surface area is 88.3 Å². The van der Waals surface area contributed by atoms with Crippen LogP contribution >= 0.6 is 0 Å². The van der Waals surface area contributed by atoms with Crippen LogP contribution in [-0.4, -0.2) is 21.8 Å². The number of ether oxygens (including phenoxy) is 1. The summed E-state index contributed by atoms with van der Waals surface area (Å²) in [6.07, 6.45) is 2.11. The van der Waals surface area contributed by atoms with E-state index in [1.165, 1.54) is 0 Å². The standard InChI is InChI=1S/C11H13N3O/c1-2-3-8-15-11-12-9-6-4-5-7-10(9)13-14-11/h4-7H,2-3,8H2,1H3. The van der Waals surface area contributed by atoms with Crippen molar-refractivity contribution in [1.82, 2.24) is 15.2 Å². The molecule has 2 aromatic rings. The summed E-state index contributed by atoms with van der Waals surface area (Å²) in [6, 6.07) is 7.98. The Balaban J connectivity index is 2.16. The van der Waals surface area contributed by atoms with E-state index in [0.29, 0.717) is 12.6 Å². The quantitative estimate of drug-likeness (QED) is 0.715. The maximum absolute atomic E-state index is 5.37. The summed E-state index contributed by atoms with van der Waals surface area (Å²) >= 11 is 0. The van der Waals surface area contributed by atoms with Crippen molar-refractivity contribution in [2.75, 3.05) is 6.61 Å². The zero-order valence-corrected chi connectivity index (χ0v) is 8.68. The Morgan fingerprint density at radius 3 is 2.73 bits per heavy atom. The van der Waals surface area contributed by atoms with E-state index < -0.39 is 0 Å². The predicted molar refractivity (Wildman–Crippen MR) is 57.7 cm³/mol. The molecule has 0 aliphatic heterocycles. The summed E-state index contributed by atoms with van der Waals surface area (Å²) in [5, 5.41) is 7.92. The summed E-state index contributed by atoms with van der Waals surface area (Å²) in [7, 11) is 0. The van der Waals surface area contributed by atoms with Gasteiger partial charge in [0, 0.05) is 0 Å². The van der Waals surface area contributed by atoms with E-state index in [2.05, 4.69) is 22.1 Å². The van der Waals surface area contributed by atoms with Gasteiger partial charge in [-0.15, -0.1) is 5.10 Å². The van der Waals surface area contributed by atoms with Crippen molar-refractivity contribution in [3.8, 4) is 6.01 Å². The van der Waals surface area contributed by atoms with Crippen molar-refractivity contribution < 1.29 is 4.74 Å². The van der Waals surface area contributed by atoms with Crippen LogP contribution in [0.5, 0.6) is 6.01 Å². The van der Waals surface area contributed by atoms with Gasteiger partial charge >= 0.3 is 6.01 Å². The van der Waals surface area contributed by atoms with Gasteiger partial charge in [-0.3, -0.25) is 0 Å². The SMILES string of the molecule is CCCCOc1nnc2ccccc2n1. The third-order valence-corrected chi connectivity index (χ3v) is 2.07. The van der Waals surface area contributed by atoms with Crippen LogP contribution in [0.2, 0.25) is 0 Å². The number of aromatic nitrogens is 3. The molecule has 0 unspecified atom stereocenters. The second-order valence-electron chi connectivity index (χ2n) is 3.29. The van der Waals surface area contributed by atoms with Gasteiger partial charge in [0.25, 0.3) is 0 Å². The van der Waals surface area contributed by atoms with Gasteiger partial charge in [-0.25, -0.2) is 0 Å². The highest BCUT2D eigenvalue weighted by Gasteiger charge is 2.00. The molecule has 0 N–H and O–H groups in total. The van der Waals surface area contributed by atoms with Gasteiger partial charge in [-0.05, 0) is 18.6 Å². The van der Waals surface area contributed by atoms with Crippen LogP contribution in [-0.2, 0) is 0 Å². The number of hydrogen-bond donors (Lipinski definition) is 0. The van der Waals surface area contributed by atoms with Gasteiger partial charge in [-0.1, -0.05) is 30.6 Å². The second kappa shape index (κ2) is 4.68. The monoisotopic (exact) mass is 203 g/mol. The Kier molecular flexibility index (Phi) is 3.07. The van der Waals surface area contributed by atoms with Gasteiger partial charge in [0.2, 0.25) is 0 Å². The molecule has 4 nitrogen and oxygen atoms in total. The average Bonchev–Trinajstić information content (AvgIpc) is 2.29. The molecular formula is C11H13N3O. The number of unbranched alkanes of at least 4 members (excludes halogenated alkanes) is 1. The van der Waals surface area contributed by atoms with Gasteiger partial charge in [0.1, 0.15) is 5.52 Å². The largest absolute Gasteiger partial charge is 0.462 e. The van der Waals surface area contributed by atoms with E-state index in [0.717, 1.165) is 23.9 Å². The Hall–Kier alpha value is -1.71. The van der Waals surface area contributed by atoms with Crippen molar-refractivity contribution in [3.63, 3.8) is 0 Å². The van der Waals surface area contributed by atoms with Crippen molar-refractivity contribution in [1.29, 1.82) is 0 Å². The summed E-state index contributed by atoms with van der Waals surface area (Å²) in [4.78, 5) is 4.25. The third-order valence-electron chi connectivity index (χ3n) is 2.07. The Morgan fingerprint density at radius 2 is 1.93 bits per heavy atom. The van der Waals surface area contributed by atoms with Crippen LogP contribution in [0.1, 0.15) is 19.8 Å². The first-order valence-electron chi connectivity index (χ1n) is 5.12. The fraction of sp³-hybridized carbons (Fsp3) is 0.364. The number of fused-ring (bicyclic) bond motifs is 1. The molecule has 0 spiro atoms. The lowest BCUT2D eigenvalue weighted by molar-refractivity contribution is 0.283. The van der Waals surface area contributed by atoms with E-state index >= 15 is 0 Å². The highest BCUT2D eigenvalue weighted by molar-refractivity contribution is 5.73. The molecule has 1 heterocycles. The first kappa shape index (κ1) is 9.83. The Morgan fingerprint density at radius 1 is 1.13 bits per heavy atom. The third kappa shape index (κ3) is 2.40. The summed E-state index contributed by atoms with van der Waals surface area (Å²) in [5.74, 6) is 0. The lowest BCUT2D eigenvalue weighted by atomic mass is 10.3. The predicted octanol–water partition coefficient (Wildman–Crippen LogP) is 2.20. The fourth-order valence-electron chi connectivity index (χ4n) is 1.23. The second-order valence-corrected chi connectivity index (χ2v) is 3.29. The maximum atomic E-state index is 5.37. The molecular weight excluding hydrogens is 190 g/mol. The Bertz CT molecular complexity index is 445. The van der Waals surface area contributed by atoms with Gasteiger partial charge in [0.05, 0.1) is 12.1 Å². The maximum Gasteiger partial charge on any atom is 0.336 e. The fourth-order valence-corrected chi connectivity index (χ4v) is 1.23. The van der Waals surface area contributed by atoms with Gasteiger partial charge in [0.15, 0.2) is 0 Å². The van der Waals surface area contributed by atoms with Crippen molar-refractivity contribution >= 4 is 11.0 Å². The van der Waals surface area contributed by atoms with Crippen molar-refractivity contribution in [3.05, 3.63) is 24.3 Å². The van der Waals surface area contributed by atoms with Crippen LogP contribution in [0.4, 0.5) is 0 Å². The van der Waals surface area contributed by atoms with E-state index in [1.54, 1.807) is 0 Å². The molecule has 4 heteroatoms. The minimum absolute atomic E-state index is 0.363. The number of nitrogens with zero attached hydrogens (tertiary/aromatic N) is 3. The number of para-hydroxylation sites is 1. The lowest BCUT2D eigenvalue weighted by Crippen LogP contribution is -2.02. The smallest absolute Gasteiger partial charge is 0.336 e. The molecule has 0 saturated carbocycles. The molecule has 0 fully saturated rings. The molecule has 78 valence electrons. The van der Waals surface area contributed by atoms with E-state index in [9.17, 15) is 0 Å². The number of rotatable bonds is 4. The molecule has 0 saturated heterocycles.